The van der Waals surface area contributed by atoms with Gasteiger partial charge < -0.3 is 10.3 Å². The van der Waals surface area contributed by atoms with Crippen LogP contribution in [0.5, 0.6) is 0 Å². The van der Waals surface area contributed by atoms with Crippen LogP contribution >= 0.6 is 0 Å². The molecule has 0 unspecified atom stereocenters. The fourth-order valence-electron chi connectivity index (χ4n) is 2.07. The Balaban J connectivity index is 2.31. The number of benzene rings is 1. The second-order valence-corrected chi connectivity index (χ2v) is 4.06. The van der Waals surface area contributed by atoms with Gasteiger partial charge in [0.05, 0.1) is 11.0 Å². The molecule has 5 heteroatoms. The average Bonchev–Trinajstić information content (AvgIpc) is 2.80. The standard InChI is InChI=1S/C12H13N5/c1-16-9-6-4-3-5-8(9)14-12(16)10-7-11(13)15-17(10)2/h3-7H,1-2H3,(H2,13,15). The van der Waals surface area contributed by atoms with Crippen molar-refractivity contribution in [3.8, 4) is 11.5 Å². The van der Waals surface area contributed by atoms with E-state index >= 15 is 0 Å². The number of nitrogens with zero attached hydrogens (tertiary/aromatic N) is 4. The molecule has 0 saturated carbocycles. The molecule has 17 heavy (non-hydrogen) atoms. The van der Waals surface area contributed by atoms with Gasteiger partial charge in [0.1, 0.15) is 11.5 Å². The first-order valence-electron chi connectivity index (χ1n) is 5.38. The van der Waals surface area contributed by atoms with Crippen molar-refractivity contribution in [2.75, 3.05) is 5.73 Å². The molecule has 0 aliphatic carbocycles. The summed E-state index contributed by atoms with van der Waals surface area (Å²) in [6.07, 6.45) is 0. The molecular weight excluding hydrogens is 214 g/mol. The summed E-state index contributed by atoms with van der Waals surface area (Å²) in [6.45, 7) is 0. The van der Waals surface area contributed by atoms with E-state index < -0.39 is 0 Å². The number of rotatable bonds is 1. The van der Waals surface area contributed by atoms with Crippen molar-refractivity contribution in [2.24, 2.45) is 14.1 Å². The molecule has 0 amide bonds. The van der Waals surface area contributed by atoms with Crippen LogP contribution in [0.15, 0.2) is 30.3 Å². The highest BCUT2D eigenvalue weighted by Crippen LogP contribution is 2.24. The highest BCUT2D eigenvalue weighted by Gasteiger charge is 2.13. The molecule has 5 nitrogen and oxygen atoms in total. The molecule has 0 fully saturated rings. The number of hydrogen-bond donors (Lipinski definition) is 1. The lowest BCUT2D eigenvalue weighted by Crippen LogP contribution is -1.99. The number of aromatic nitrogens is 4. The van der Waals surface area contributed by atoms with E-state index in [1.165, 1.54) is 0 Å². The highest BCUT2D eigenvalue weighted by atomic mass is 15.3. The smallest absolute Gasteiger partial charge is 0.159 e. The molecule has 0 aliphatic heterocycles. The zero-order valence-electron chi connectivity index (χ0n) is 9.75. The van der Waals surface area contributed by atoms with Crippen molar-refractivity contribution in [3.63, 3.8) is 0 Å². The molecule has 3 aromatic rings. The van der Waals surface area contributed by atoms with Gasteiger partial charge in [0.2, 0.25) is 0 Å². The van der Waals surface area contributed by atoms with Crippen molar-refractivity contribution in [1.29, 1.82) is 0 Å². The van der Waals surface area contributed by atoms with Gasteiger partial charge in [-0.1, -0.05) is 12.1 Å². The molecule has 0 saturated heterocycles. The van der Waals surface area contributed by atoms with Crippen molar-refractivity contribution in [3.05, 3.63) is 30.3 Å². The molecule has 86 valence electrons. The molecule has 2 heterocycles. The Labute approximate surface area is 98.5 Å². The maximum atomic E-state index is 5.69. The van der Waals surface area contributed by atoms with Crippen LogP contribution in [0, 0.1) is 0 Å². The largest absolute Gasteiger partial charge is 0.382 e. The Bertz CT molecular complexity index is 692. The van der Waals surface area contributed by atoms with Crippen LogP contribution in [0.25, 0.3) is 22.6 Å². The topological polar surface area (TPSA) is 61.7 Å². The highest BCUT2D eigenvalue weighted by molar-refractivity contribution is 5.80. The fraction of sp³-hybridized carbons (Fsp3) is 0.167. The summed E-state index contributed by atoms with van der Waals surface area (Å²) in [6, 6.07) is 9.87. The summed E-state index contributed by atoms with van der Waals surface area (Å²) in [5.74, 6) is 1.38. The SMILES string of the molecule is Cn1nc(N)cc1-c1nc2ccccc2n1C. The summed E-state index contributed by atoms with van der Waals surface area (Å²) < 4.78 is 3.79. The number of imidazole rings is 1. The lowest BCUT2D eigenvalue weighted by molar-refractivity contribution is 0.768. The van der Waals surface area contributed by atoms with Crippen LogP contribution in [0.4, 0.5) is 5.82 Å². The minimum Gasteiger partial charge on any atom is -0.382 e. The van der Waals surface area contributed by atoms with Crippen LogP contribution in [0.3, 0.4) is 0 Å². The summed E-state index contributed by atoms with van der Waals surface area (Å²) in [5, 5.41) is 4.14. The maximum absolute atomic E-state index is 5.69. The van der Waals surface area contributed by atoms with Gasteiger partial charge in [0.25, 0.3) is 0 Å². The third-order valence-electron chi connectivity index (χ3n) is 2.91. The van der Waals surface area contributed by atoms with E-state index in [4.69, 9.17) is 5.73 Å². The average molecular weight is 227 g/mol. The predicted molar refractivity (Wildman–Crippen MR) is 67.3 cm³/mol. The third kappa shape index (κ3) is 1.39. The van der Waals surface area contributed by atoms with Crippen LogP contribution in [0.2, 0.25) is 0 Å². The molecule has 1 aromatic carbocycles. The van der Waals surface area contributed by atoms with E-state index in [1.54, 1.807) is 4.68 Å². The zero-order chi connectivity index (χ0) is 12.0. The Morgan fingerprint density at radius 3 is 2.59 bits per heavy atom. The predicted octanol–water partition coefficient (Wildman–Crippen LogP) is 1.56. The number of nitrogen functional groups attached to an aromatic ring is 1. The van der Waals surface area contributed by atoms with Crippen LogP contribution < -0.4 is 5.73 Å². The lowest BCUT2D eigenvalue weighted by Gasteiger charge is -2.01. The van der Waals surface area contributed by atoms with Gasteiger partial charge in [-0.05, 0) is 12.1 Å². The maximum Gasteiger partial charge on any atom is 0.159 e. The summed E-state index contributed by atoms with van der Waals surface area (Å²) in [4.78, 5) is 4.60. The van der Waals surface area contributed by atoms with E-state index in [0.29, 0.717) is 5.82 Å². The zero-order valence-corrected chi connectivity index (χ0v) is 9.75. The molecule has 0 radical (unpaired) electrons. The lowest BCUT2D eigenvalue weighted by atomic mass is 10.3. The van der Waals surface area contributed by atoms with Crippen molar-refractivity contribution < 1.29 is 0 Å². The molecular formula is C12H13N5. The second kappa shape index (κ2) is 3.35. The molecule has 0 spiro atoms. The van der Waals surface area contributed by atoms with E-state index in [-0.39, 0.29) is 0 Å². The monoisotopic (exact) mass is 227 g/mol. The van der Waals surface area contributed by atoms with Gasteiger partial charge in [0.15, 0.2) is 5.82 Å². The fourth-order valence-corrected chi connectivity index (χ4v) is 2.07. The Morgan fingerprint density at radius 1 is 1.18 bits per heavy atom. The number of aryl methyl sites for hydroxylation is 2. The van der Waals surface area contributed by atoms with Crippen molar-refractivity contribution in [1.82, 2.24) is 19.3 Å². The van der Waals surface area contributed by atoms with E-state index in [0.717, 1.165) is 22.6 Å². The molecule has 0 atom stereocenters. The van der Waals surface area contributed by atoms with Gasteiger partial charge in [-0.2, -0.15) is 5.10 Å². The minimum atomic E-state index is 0.509. The first kappa shape index (κ1) is 9.89. The van der Waals surface area contributed by atoms with Crippen LogP contribution in [0.1, 0.15) is 0 Å². The summed E-state index contributed by atoms with van der Waals surface area (Å²) in [5.41, 5.74) is 8.69. The molecule has 2 aromatic heterocycles. The second-order valence-electron chi connectivity index (χ2n) is 4.06. The van der Waals surface area contributed by atoms with Gasteiger partial charge in [0, 0.05) is 20.2 Å². The van der Waals surface area contributed by atoms with Gasteiger partial charge in [-0.25, -0.2) is 4.98 Å². The first-order valence-corrected chi connectivity index (χ1v) is 5.38. The number of fused-ring (bicyclic) bond motifs is 1. The molecule has 3 rings (SSSR count). The molecule has 2 N–H and O–H groups in total. The number of nitrogens with two attached hydrogens (primary N) is 1. The molecule has 0 aliphatic rings. The third-order valence-corrected chi connectivity index (χ3v) is 2.91. The summed E-state index contributed by atoms with van der Waals surface area (Å²) >= 11 is 0. The van der Waals surface area contributed by atoms with E-state index in [9.17, 15) is 0 Å². The quantitative estimate of drug-likeness (QED) is 0.686. The normalized spacial score (nSPS) is 11.2. The molecule has 0 bridgehead atoms. The minimum absolute atomic E-state index is 0.509. The Hall–Kier alpha value is -2.30. The number of para-hydroxylation sites is 2. The summed E-state index contributed by atoms with van der Waals surface area (Å²) in [7, 11) is 3.86. The Kier molecular flexibility index (Phi) is 1.95. The Morgan fingerprint density at radius 2 is 1.94 bits per heavy atom. The van der Waals surface area contributed by atoms with Crippen molar-refractivity contribution in [2.45, 2.75) is 0 Å². The van der Waals surface area contributed by atoms with Gasteiger partial charge >= 0.3 is 0 Å². The number of anilines is 1. The van der Waals surface area contributed by atoms with E-state index in [2.05, 4.69) is 10.1 Å². The van der Waals surface area contributed by atoms with Gasteiger partial charge in [-0.15, -0.1) is 0 Å². The number of hydrogen-bond acceptors (Lipinski definition) is 3. The van der Waals surface area contributed by atoms with Crippen molar-refractivity contribution >= 4 is 16.9 Å². The van der Waals surface area contributed by atoms with E-state index in [1.807, 2.05) is 49.0 Å². The van der Waals surface area contributed by atoms with Gasteiger partial charge in [-0.3, -0.25) is 4.68 Å². The van der Waals surface area contributed by atoms with Crippen LogP contribution in [-0.4, -0.2) is 19.3 Å². The van der Waals surface area contributed by atoms with Crippen LogP contribution in [-0.2, 0) is 14.1 Å². The first-order chi connectivity index (χ1) is 8.16.